The Morgan fingerprint density at radius 1 is 1.00 bits per heavy atom. The average molecular weight is 454 g/mol. The van der Waals surface area contributed by atoms with Gasteiger partial charge in [0.05, 0.1) is 31.9 Å². The number of ether oxygens (including phenoxy) is 3. The van der Waals surface area contributed by atoms with Gasteiger partial charge in [-0.3, -0.25) is 9.69 Å². The van der Waals surface area contributed by atoms with Crippen molar-refractivity contribution in [3.8, 4) is 17.2 Å². The molecule has 1 aliphatic rings. The Hall–Kier alpha value is -3.30. The molecule has 0 radical (unpaired) electrons. The predicted octanol–water partition coefficient (Wildman–Crippen LogP) is 4.98. The van der Waals surface area contributed by atoms with Crippen molar-refractivity contribution in [2.45, 2.75) is 0 Å². The second-order valence-electron chi connectivity index (χ2n) is 6.22. The highest BCUT2D eigenvalue weighted by molar-refractivity contribution is 8.19. The molecule has 0 unspecified atom stereocenters. The van der Waals surface area contributed by atoms with E-state index in [4.69, 9.17) is 14.2 Å². The highest BCUT2D eigenvalue weighted by Gasteiger charge is 2.35. The zero-order chi connectivity index (χ0) is 21.8. The number of para-hydroxylation sites is 1. The first-order chi connectivity index (χ1) is 15.2. The van der Waals surface area contributed by atoms with Crippen LogP contribution in [-0.2, 0) is 4.79 Å². The number of benzene rings is 2. The van der Waals surface area contributed by atoms with E-state index in [1.165, 1.54) is 23.1 Å². The zero-order valence-corrected chi connectivity index (χ0v) is 18.7. The summed E-state index contributed by atoms with van der Waals surface area (Å²) in [5.41, 5.74) is 1.43. The molecule has 0 bridgehead atoms. The minimum atomic E-state index is -0.177. The number of hydrogen-bond donors (Lipinski definition) is 0. The van der Waals surface area contributed by atoms with Gasteiger partial charge in [-0.25, -0.2) is 4.98 Å². The van der Waals surface area contributed by atoms with E-state index in [0.717, 1.165) is 5.69 Å². The molecule has 9 heteroatoms. The number of nitrogens with zero attached hydrogens (tertiary/aromatic N) is 3. The molecule has 0 N–H and O–H groups in total. The van der Waals surface area contributed by atoms with Crippen LogP contribution in [0.1, 0.15) is 5.56 Å². The predicted molar refractivity (Wildman–Crippen MR) is 125 cm³/mol. The number of anilines is 1. The molecule has 1 amide bonds. The number of hydrogen-bond acceptors (Lipinski definition) is 8. The summed E-state index contributed by atoms with van der Waals surface area (Å²) in [4.78, 5) is 24.3. The summed E-state index contributed by atoms with van der Waals surface area (Å²) in [5, 5.41) is 2.97. The number of aromatic nitrogens is 1. The van der Waals surface area contributed by atoms with Crippen molar-refractivity contribution in [1.82, 2.24) is 4.98 Å². The molecule has 7 nitrogen and oxygen atoms in total. The first-order valence-corrected chi connectivity index (χ1v) is 10.9. The van der Waals surface area contributed by atoms with Crippen LogP contribution in [0.4, 0.5) is 10.8 Å². The Kier molecular flexibility index (Phi) is 6.24. The molecule has 1 fully saturated rings. The van der Waals surface area contributed by atoms with Crippen molar-refractivity contribution in [2.24, 2.45) is 4.99 Å². The van der Waals surface area contributed by atoms with Crippen molar-refractivity contribution in [3.05, 3.63) is 64.5 Å². The van der Waals surface area contributed by atoms with Gasteiger partial charge in [0.2, 0.25) is 10.9 Å². The fourth-order valence-corrected chi connectivity index (χ4v) is 4.62. The van der Waals surface area contributed by atoms with Gasteiger partial charge in [0.15, 0.2) is 16.7 Å². The number of thiazole rings is 1. The molecule has 0 saturated carbocycles. The molecule has 0 atom stereocenters. The largest absolute Gasteiger partial charge is 0.493 e. The van der Waals surface area contributed by atoms with Gasteiger partial charge in [-0.15, -0.1) is 11.3 Å². The molecule has 2 aromatic carbocycles. The van der Waals surface area contributed by atoms with Gasteiger partial charge in [0, 0.05) is 17.1 Å². The summed E-state index contributed by atoms with van der Waals surface area (Å²) in [6, 6.07) is 13.0. The van der Waals surface area contributed by atoms with Gasteiger partial charge in [-0.2, -0.15) is 4.99 Å². The minimum absolute atomic E-state index is 0.177. The number of carbonyl (C=O) groups is 1. The Balaban J connectivity index is 1.80. The molecular formula is C22H19N3O4S2. The maximum Gasteiger partial charge on any atom is 0.271 e. The van der Waals surface area contributed by atoms with Gasteiger partial charge in [-0.05, 0) is 42.1 Å². The Morgan fingerprint density at radius 3 is 2.42 bits per heavy atom. The van der Waals surface area contributed by atoms with Crippen molar-refractivity contribution in [1.29, 1.82) is 0 Å². The van der Waals surface area contributed by atoms with E-state index in [0.29, 0.717) is 38.0 Å². The van der Waals surface area contributed by atoms with Crippen LogP contribution >= 0.6 is 23.1 Å². The normalized spacial score (nSPS) is 16.2. The topological polar surface area (TPSA) is 73.3 Å². The molecule has 3 aromatic rings. The summed E-state index contributed by atoms with van der Waals surface area (Å²) in [6.45, 7) is 0. The minimum Gasteiger partial charge on any atom is -0.493 e. The number of methoxy groups -OCH3 is 3. The number of carbonyl (C=O) groups excluding carboxylic acids is 1. The fourth-order valence-electron chi connectivity index (χ4n) is 3.09. The highest BCUT2D eigenvalue weighted by Crippen LogP contribution is 2.43. The Bertz CT molecular complexity index is 1150. The Morgan fingerprint density at radius 2 is 1.77 bits per heavy atom. The number of rotatable bonds is 6. The maximum atomic E-state index is 13.4. The maximum absolute atomic E-state index is 13.4. The van der Waals surface area contributed by atoms with Crippen LogP contribution in [0, 0.1) is 0 Å². The van der Waals surface area contributed by atoms with Crippen molar-refractivity contribution in [3.63, 3.8) is 0 Å². The van der Waals surface area contributed by atoms with E-state index in [9.17, 15) is 4.79 Å². The smallest absolute Gasteiger partial charge is 0.271 e. The summed E-state index contributed by atoms with van der Waals surface area (Å²) in [5.74, 6) is 1.32. The third-order valence-corrected chi connectivity index (χ3v) is 6.09. The standard InChI is InChI=1S/C22H19N3O4S2/c1-27-16-10-9-14(18(28-2)19(16)29-3)13-17-20(26)25(15-7-5-4-6-8-15)22(31-17)24-21-23-11-12-30-21/h4-13H,1-3H3/b17-13-,24-22+. The molecule has 1 saturated heterocycles. The van der Waals surface area contributed by atoms with E-state index in [1.54, 1.807) is 44.6 Å². The van der Waals surface area contributed by atoms with Gasteiger partial charge >= 0.3 is 0 Å². The SMILES string of the molecule is COc1ccc(/C=C2\S/C(=N/c3nccs3)N(c3ccccc3)C2=O)c(OC)c1OC. The lowest BCUT2D eigenvalue weighted by Crippen LogP contribution is -2.28. The number of amides is 1. The van der Waals surface area contributed by atoms with Crippen LogP contribution in [0.15, 0.2) is 63.9 Å². The van der Waals surface area contributed by atoms with Gasteiger partial charge in [-0.1, -0.05) is 18.2 Å². The first kappa shape index (κ1) is 21.0. The molecule has 0 spiro atoms. The molecule has 31 heavy (non-hydrogen) atoms. The van der Waals surface area contributed by atoms with E-state index in [1.807, 2.05) is 41.8 Å². The monoisotopic (exact) mass is 453 g/mol. The zero-order valence-electron chi connectivity index (χ0n) is 17.1. The number of amidine groups is 1. The number of thioether (sulfide) groups is 1. The summed E-state index contributed by atoms with van der Waals surface area (Å²) < 4.78 is 16.4. The molecule has 2 heterocycles. The molecule has 1 aliphatic heterocycles. The van der Waals surface area contributed by atoms with Crippen LogP contribution in [0.2, 0.25) is 0 Å². The van der Waals surface area contributed by atoms with Crippen LogP contribution in [0.5, 0.6) is 17.2 Å². The van der Waals surface area contributed by atoms with Crippen LogP contribution in [0.25, 0.3) is 6.08 Å². The van der Waals surface area contributed by atoms with Crippen molar-refractivity contribution < 1.29 is 19.0 Å². The third-order valence-electron chi connectivity index (χ3n) is 4.45. The quantitative estimate of drug-likeness (QED) is 0.490. The Labute approximate surface area is 188 Å². The lowest BCUT2D eigenvalue weighted by molar-refractivity contribution is -0.113. The van der Waals surface area contributed by atoms with Gasteiger partial charge in [0.25, 0.3) is 5.91 Å². The molecule has 4 rings (SSSR count). The summed E-state index contributed by atoms with van der Waals surface area (Å²) in [6.07, 6.45) is 3.46. The summed E-state index contributed by atoms with van der Waals surface area (Å²) in [7, 11) is 4.65. The lowest BCUT2D eigenvalue weighted by Gasteiger charge is -2.15. The van der Waals surface area contributed by atoms with Gasteiger partial charge in [0.1, 0.15) is 0 Å². The second kappa shape index (κ2) is 9.23. The highest BCUT2D eigenvalue weighted by atomic mass is 32.2. The van der Waals surface area contributed by atoms with E-state index in [-0.39, 0.29) is 5.91 Å². The fraction of sp³-hybridized carbons (Fsp3) is 0.136. The molecule has 1 aromatic heterocycles. The van der Waals surface area contributed by atoms with Crippen molar-refractivity contribution >= 4 is 51.1 Å². The number of aliphatic imine (C=N–C) groups is 1. The molecular weight excluding hydrogens is 434 g/mol. The van der Waals surface area contributed by atoms with Crippen molar-refractivity contribution in [2.75, 3.05) is 26.2 Å². The van der Waals surface area contributed by atoms with E-state index in [2.05, 4.69) is 9.98 Å². The lowest BCUT2D eigenvalue weighted by atomic mass is 10.1. The first-order valence-electron chi connectivity index (χ1n) is 9.22. The van der Waals surface area contributed by atoms with Gasteiger partial charge < -0.3 is 14.2 Å². The third kappa shape index (κ3) is 4.14. The molecule has 0 aliphatic carbocycles. The van der Waals surface area contributed by atoms with E-state index < -0.39 is 0 Å². The van der Waals surface area contributed by atoms with Crippen LogP contribution in [0.3, 0.4) is 0 Å². The van der Waals surface area contributed by atoms with Crippen LogP contribution in [-0.4, -0.2) is 37.4 Å². The summed E-state index contributed by atoms with van der Waals surface area (Å²) >= 11 is 2.69. The van der Waals surface area contributed by atoms with Crippen LogP contribution < -0.4 is 19.1 Å². The average Bonchev–Trinajstić information content (AvgIpc) is 3.42. The van der Waals surface area contributed by atoms with E-state index >= 15 is 0 Å². The second-order valence-corrected chi connectivity index (χ2v) is 8.10. The molecule has 158 valence electrons.